The summed E-state index contributed by atoms with van der Waals surface area (Å²) in [6.45, 7) is 2.05. The van der Waals surface area contributed by atoms with E-state index in [9.17, 15) is 0 Å². The van der Waals surface area contributed by atoms with Crippen molar-refractivity contribution in [2.45, 2.75) is 0 Å². The van der Waals surface area contributed by atoms with E-state index in [1.807, 2.05) is 0 Å². The first kappa shape index (κ1) is 9.52. The Balaban J connectivity index is 2.33. The Morgan fingerprint density at radius 2 is 1.92 bits per heavy atom. The van der Waals surface area contributed by atoms with Crippen molar-refractivity contribution in [1.82, 2.24) is 0 Å². The topological polar surface area (TPSA) is 3.24 Å². The fourth-order valence-electron chi connectivity index (χ4n) is 1.40. The molecule has 68 valence electrons. The van der Waals surface area contributed by atoms with Crippen molar-refractivity contribution >= 4 is 44.2 Å². The van der Waals surface area contributed by atoms with Gasteiger partial charge in [0, 0.05) is 21.1 Å². The molecule has 0 saturated carbocycles. The minimum atomic E-state index is 1.03. The van der Waals surface area contributed by atoms with Crippen molar-refractivity contribution in [3.05, 3.63) is 38.4 Å². The zero-order chi connectivity index (χ0) is 9.26. The molecule has 0 amide bonds. The van der Waals surface area contributed by atoms with Gasteiger partial charge in [0.05, 0.1) is 5.69 Å². The molecular weight excluding hydrogens is 341 g/mol. The SMILES string of the molecule is Brc1ccc(I)cc1N1CC=CC1. The molecule has 0 fully saturated rings. The monoisotopic (exact) mass is 349 g/mol. The molecule has 1 aromatic rings. The van der Waals surface area contributed by atoms with Crippen molar-refractivity contribution in [2.75, 3.05) is 18.0 Å². The molecule has 0 aromatic heterocycles. The Labute approximate surface area is 100 Å². The van der Waals surface area contributed by atoms with Crippen LogP contribution in [-0.2, 0) is 0 Å². The third-order valence-corrected chi connectivity index (χ3v) is 3.41. The van der Waals surface area contributed by atoms with Gasteiger partial charge in [-0.1, -0.05) is 12.2 Å². The molecule has 1 nitrogen and oxygen atoms in total. The molecule has 1 aliphatic heterocycles. The van der Waals surface area contributed by atoms with Gasteiger partial charge >= 0.3 is 0 Å². The number of benzene rings is 1. The van der Waals surface area contributed by atoms with E-state index in [1.165, 1.54) is 13.7 Å². The van der Waals surface area contributed by atoms with Crippen LogP contribution in [0.3, 0.4) is 0 Å². The number of hydrogen-bond donors (Lipinski definition) is 0. The molecule has 0 atom stereocenters. The summed E-state index contributed by atoms with van der Waals surface area (Å²) < 4.78 is 2.46. The van der Waals surface area contributed by atoms with Crippen LogP contribution in [0.2, 0.25) is 0 Å². The molecule has 0 spiro atoms. The molecule has 1 aromatic carbocycles. The van der Waals surface area contributed by atoms with Crippen LogP contribution in [0.1, 0.15) is 0 Å². The third kappa shape index (κ3) is 2.07. The molecule has 0 radical (unpaired) electrons. The lowest BCUT2D eigenvalue weighted by molar-refractivity contribution is 1.00. The first-order valence-electron chi connectivity index (χ1n) is 4.12. The van der Waals surface area contributed by atoms with E-state index in [0.717, 1.165) is 13.1 Å². The summed E-state index contributed by atoms with van der Waals surface area (Å²) in [4.78, 5) is 2.34. The standard InChI is InChI=1S/C10H9BrIN/c11-9-4-3-8(12)7-10(9)13-5-1-2-6-13/h1-4,7H,5-6H2. The Morgan fingerprint density at radius 1 is 1.23 bits per heavy atom. The molecule has 0 aliphatic carbocycles. The molecule has 13 heavy (non-hydrogen) atoms. The van der Waals surface area contributed by atoms with Crippen LogP contribution in [0, 0.1) is 3.57 Å². The number of hydrogen-bond acceptors (Lipinski definition) is 1. The zero-order valence-corrected chi connectivity index (χ0v) is 10.7. The average Bonchev–Trinajstić information content (AvgIpc) is 2.61. The highest BCUT2D eigenvalue weighted by Crippen LogP contribution is 2.29. The lowest BCUT2D eigenvalue weighted by atomic mass is 10.3. The lowest BCUT2D eigenvalue weighted by Crippen LogP contribution is -2.18. The van der Waals surface area contributed by atoms with Gasteiger partial charge in [-0.2, -0.15) is 0 Å². The normalized spacial score (nSPS) is 15.4. The maximum atomic E-state index is 3.57. The number of nitrogens with zero attached hydrogens (tertiary/aromatic N) is 1. The molecule has 0 unspecified atom stereocenters. The molecular formula is C10H9BrIN. The summed E-state index contributed by atoms with van der Waals surface area (Å²) in [6, 6.07) is 6.42. The number of rotatable bonds is 1. The van der Waals surface area contributed by atoms with E-state index in [0.29, 0.717) is 0 Å². The third-order valence-electron chi connectivity index (χ3n) is 2.07. The predicted octanol–water partition coefficient (Wildman–Crippen LogP) is 3.43. The van der Waals surface area contributed by atoms with Crippen molar-refractivity contribution in [2.24, 2.45) is 0 Å². The highest BCUT2D eigenvalue weighted by atomic mass is 127. The van der Waals surface area contributed by atoms with E-state index in [4.69, 9.17) is 0 Å². The van der Waals surface area contributed by atoms with Gasteiger partial charge in [0.2, 0.25) is 0 Å². The summed E-state index contributed by atoms with van der Waals surface area (Å²) in [5.41, 5.74) is 1.29. The van der Waals surface area contributed by atoms with E-state index < -0.39 is 0 Å². The fraction of sp³-hybridized carbons (Fsp3) is 0.200. The molecule has 1 aliphatic rings. The van der Waals surface area contributed by atoms with Crippen LogP contribution in [0.5, 0.6) is 0 Å². The molecule has 0 N–H and O–H groups in total. The van der Waals surface area contributed by atoms with Crippen molar-refractivity contribution in [1.29, 1.82) is 0 Å². The van der Waals surface area contributed by atoms with Crippen LogP contribution in [-0.4, -0.2) is 13.1 Å². The van der Waals surface area contributed by atoms with Gasteiger partial charge in [0.25, 0.3) is 0 Å². The summed E-state index contributed by atoms with van der Waals surface area (Å²) in [6.07, 6.45) is 4.40. The van der Waals surface area contributed by atoms with Gasteiger partial charge in [0.1, 0.15) is 0 Å². The predicted molar refractivity (Wildman–Crippen MR) is 68.2 cm³/mol. The van der Waals surface area contributed by atoms with E-state index >= 15 is 0 Å². The largest absolute Gasteiger partial charge is 0.363 e. The second kappa shape index (κ2) is 4.00. The van der Waals surface area contributed by atoms with Crippen LogP contribution in [0.15, 0.2) is 34.8 Å². The van der Waals surface area contributed by atoms with Crippen LogP contribution >= 0.6 is 38.5 Å². The van der Waals surface area contributed by atoms with Gasteiger partial charge in [-0.3, -0.25) is 0 Å². The highest BCUT2D eigenvalue weighted by Gasteiger charge is 2.10. The quantitative estimate of drug-likeness (QED) is 0.554. The molecule has 1 heterocycles. The molecule has 2 rings (SSSR count). The fourth-order valence-corrected chi connectivity index (χ4v) is 2.38. The second-order valence-electron chi connectivity index (χ2n) is 2.97. The molecule has 0 saturated heterocycles. The van der Waals surface area contributed by atoms with Gasteiger partial charge < -0.3 is 4.90 Å². The van der Waals surface area contributed by atoms with Crippen LogP contribution < -0.4 is 4.90 Å². The van der Waals surface area contributed by atoms with Crippen LogP contribution in [0.4, 0.5) is 5.69 Å². The van der Waals surface area contributed by atoms with Crippen molar-refractivity contribution in [3.63, 3.8) is 0 Å². The summed E-state index contributed by atoms with van der Waals surface area (Å²) in [5.74, 6) is 0. The maximum absolute atomic E-state index is 3.57. The van der Waals surface area contributed by atoms with Gasteiger partial charge in [0.15, 0.2) is 0 Å². The minimum absolute atomic E-state index is 1.03. The zero-order valence-electron chi connectivity index (χ0n) is 7.00. The smallest absolute Gasteiger partial charge is 0.0526 e. The van der Waals surface area contributed by atoms with Gasteiger partial charge in [-0.25, -0.2) is 0 Å². The van der Waals surface area contributed by atoms with E-state index in [2.05, 4.69) is 73.8 Å². The van der Waals surface area contributed by atoms with Crippen molar-refractivity contribution < 1.29 is 0 Å². The lowest BCUT2D eigenvalue weighted by Gasteiger charge is -2.19. The molecule has 3 heteroatoms. The summed E-state index contributed by atoms with van der Waals surface area (Å²) in [7, 11) is 0. The Bertz CT molecular complexity index is 341. The first-order chi connectivity index (χ1) is 6.27. The van der Waals surface area contributed by atoms with E-state index in [1.54, 1.807) is 0 Å². The Hall–Kier alpha value is -0.0300. The van der Waals surface area contributed by atoms with Crippen molar-refractivity contribution in [3.8, 4) is 0 Å². The first-order valence-corrected chi connectivity index (χ1v) is 5.99. The highest BCUT2D eigenvalue weighted by molar-refractivity contribution is 14.1. The van der Waals surface area contributed by atoms with E-state index in [-0.39, 0.29) is 0 Å². The number of anilines is 1. The van der Waals surface area contributed by atoms with Gasteiger partial charge in [-0.05, 0) is 56.7 Å². The molecule has 0 bridgehead atoms. The number of halogens is 2. The Morgan fingerprint density at radius 3 is 2.62 bits per heavy atom. The Kier molecular flexibility index (Phi) is 2.93. The maximum Gasteiger partial charge on any atom is 0.0526 e. The van der Waals surface area contributed by atoms with Gasteiger partial charge in [-0.15, -0.1) is 0 Å². The summed E-state index contributed by atoms with van der Waals surface area (Å²) in [5, 5.41) is 0. The van der Waals surface area contributed by atoms with Crippen LogP contribution in [0.25, 0.3) is 0 Å². The summed E-state index contributed by atoms with van der Waals surface area (Å²) >= 11 is 5.91. The second-order valence-corrected chi connectivity index (χ2v) is 5.07. The average molecular weight is 350 g/mol. The minimum Gasteiger partial charge on any atom is -0.363 e.